The van der Waals surface area contributed by atoms with E-state index in [0.717, 1.165) is 18.3 Å². The molecule has 1 heterocycles. The molecule has 1 aromatic carbocycles. The van der Waals surface area contributed by atoms with Crippen molar-refractivity contribution in [2.24, 2.45) is 0 Å². The monoisotopic (exact) mass is 269 g/mol. The van der Waals surface area contributed by atoms with E-state index in [1.165, 1.54) is 36.8 Å². The fourth-order valence-corrected chi connectivity index (χ4v) is 3.15. The summed E-state index contributed by atoms with van der Waals surface area (Å²) in [6.07, 6.45) is 4.76. The normalized spacial score (nSPS) is 21.4. The highest BCUT2D eigenvalue weighted by Crippen LogP contribution is 2.39. The van der Waals surface area contributed by atoms with Gasteiger partial charge < -0.3 is 4.52 Å². The van der Waals surface area contributed by atoms with Gasteiger partial charge in [0.15, 0.2) is 5.82 Å². The molecule has 104 valence electrons. The molecule has 1 fully saturated rings. The highest BCUT2D eigenvalue weighted by Gasteiger charge is 2.30. The van der Waals surface area contributed by atoms with E-state index in [-0.39, 0.29) is 0 Å². The maximum Gasteiger partial charge on any atom is 0.229 e. The van der Waals surface area contributed by atoms with Gasteiger partial charge in [-0.15, -0.1) is 0 Å². The summed E-state index contributed by atoms with van der Waals surface area (Å²) in [6.45, 7) is 0.759. The van der Waals surface area contributed by atoms with Gasteiger partial charge in [-0.2, -0.15) is 4.98 Å². The highest BCUT2D eigenvalue weighted by atomic mass is 16.5. The summed E-state index contributed by atoms with van der Waals surface area (Å²) in [5.41, 5.74) is 2.94. The molecule has 0 amide bonds. The standard InChI is InChI=1S/C16H19N3O/c1-19(10-15-17-16(20-18-15)12-6-7-12)14-9-8-11-4-2-3-5-13(11)14/h2-5,12,14H,6-10H2,1H3/t14-/m0/s1. The molecule has 0 N–H and O–H groups in total. The van der Waals surface area contributed by atoms with E-state index >= 15 is 0 Å². The average Bonchev–Trinajstić information content (AvgIpc) is 3.06. The van der Waals surface area contributed by atoms with Crippen molar-refractivity contribution in [3.05, 3.63) is 47.1 Å². The van der Waals surface area contributed by atoms with Crippen molar-refractivity contribution in [3.63, 3.8) is 0 Å². The molecule has 0 spiro atoms. The lowest BCUT2D eigenvalue weighted by molar-refractivity contribution is 0.226. The number of nitrogens with zero attached hydrogens (tertiary/aromatic N) is 3. The molecule has 1 saturated carbocycles. The predicted octanol–water partition coefficient (Wildman–Crippen LogP) is 3.07. The SMILES string of the molecule is CN(Cc1noc(C2CC2)n1)[C@H]1CCc2ccccc21. The van der Waals surface area contributed by atoms with Crippen LogP contribution in [0.2, 0.25) is 0 Å². The van der Waals surface area contributed by atoms with Crippen LogP contribution in [0.1, 0.15) is 54.1 Å². The summed E-state index contributed by atoms with van der Waals surface area (Å²) in [5, 5.41) is 4.12. The molecule has 4 nitrogen and oxygen atoms in total. The lowest BCUT2D eigenvalue weighted by Gasteiger charge is -2.23. The Morgan fingerprint density at radius 1 is 1.25 bits per heavy atom. The van der Waals surface area contributed by atoms with Crippen LogP contribution in [0, 0.1) is 0 Å². The van der Waals surface area contributed by atoms with Crippen LogP contribution in [0.4, 0.5) is 0 Å². The molecule has 20 heavy (non-hydrogen) atoms. The first kappa shape index (κ1) is 12.1. The van der Waals surface area contributed by atoms with Gasteiger partial charge in [0.25, 0.3) is 0 Å². The van der Waals surface area contributed by atoms with Crippen molar-refractivity contribution in [2.75, 3.05) is 7.05 Å². The summed E-state index contributed by atoms with van der Waals surface area (Å²) < 4.78 is 5.33. The van der Waals surface area contributed by atoms with Crippen LogP contribution < -0.4 is 0 Å². The summed E-state index contributed by atoms with van der Waals surface area (Å²) in [4.78, 5) is 6.86. The van der Waals surface area contributed by atoms with Gasteiger partial charge in [-0.1, -0.05) is 29.4 Å². The van der Waals surface area contributed by atoms with Gasteiger partial charge in [-0.05, 0) is 43.9 Å². The first-order chi connectivity index (χ1) is 9.81. The van der Waals surface area contributed by atoms with Crippen LogP contribution in [0.25, 0.3) is 0 Å². The van der Waals surface area contributed by atoms with Crippen molar-refractivity contribution in [2.45, 2.75) is 44.2 Å². The maximum atomic E-state index is 5.33. The minimum Gasteiger partial charge on any atom is -0.339 e. The Morgan fingerprint density at radius 2 is 2.10 bits per heavy atom. The third-order valence-corrected chi connectivity index (χ3v) is 4.43. The molecule has 1 atom stereocenters. The van der Waals surface area contributed by atoms with E-state index in [4.69, 9.17) is 4.52 Å². The van der Waals surface area contributed by atoms with Gasteiger partial charge in [0, 0.05) is 12.0 Å². The third-order valence-electron chi connectivity index (χ3n) is 4.43. The van der Waals surface area contributed by atoms with E-state index in [2.05, 4.69) is 46.4 Å². The lowest BCUT2D eigenvalue weighted by Crippen LogP contribution is -2.23. The fraction of sp³-hybridized carbons (Fsp3) is 0.500. The van der Waals surface area contributed by atoms with Crippen molar-refractivity contribution < 1.29 is 4.52 Å². The zero-order valence-corrected chi connectivity index (χ0v) is 11.7. The highest BCUT2D eigenvalue weighted by molar-refractivity contribution is 5.34. The largest absolute Gasteiger partial charge is 0.339 e. The van der Waals surface area contributed by atoms with Crippen LogP contribution >= 0.6 is 0 Å². The van der Waals surface area contributed by atoms with E-state index in [1.807, 2.05) is 0 Å². The van der Waals surface area contributed by atoms with Gasteiger partial charge in [0.1, 0.15) is 0 Å². The smallest absolute Gasteiger partial charge is 0.229 e. The summed E-state index contributed by atoms with van der Waals surface area (Å²) in [7, 11) is 2.15. The maximum absolute atomic E-state index is 5.33. The Morgan fingerprint density at radius 3 is 2.95 bits per heavy atom. The van der Waals surface area contributed by atoms with Crippen molar-refractivity contribution >= 4 is 0 Å². The molecule has 0 aliphatic heterocycles. The molecule has 1 aromatic heterocycles. The quantitative estimate of drug-likeness (QED) is 0.855. The molecule has 2 aliphatic carbocycles. The second-order valence-electron chi connectivity index (χ2n) is 5.99. The van der Waals surface area contributed by atoms with E-state index in [1.54, 1.807) is 0 Å². The molecular formula is C16H19N3O. The van der Waals surface area contributed by atoms with Crippen LogP contribution in [-0.2, 0) is 13.0 Å². The van der Waals surface area contributed by atoms with Crippen LogP contribution in [0.3, 0.4) is 0 Å². The number of hydrogen-bond donors (Lipinski definition) is 0. The van der Waals surface area contributed by atoms with Gasteiger partial charge in [-0.25, -0.2) is 0 Å². The first-order valence-corrected chi connectivity index (χ1v) is 7.42. The topological polar surface area (TPSA) is 42.2 Å². The summed E-state index contributed by atoms with van der Waals surface area (Å²) in [6, 6.07) is 9.22. The van der Waals surface area contributed by atoms with Crippen LogP contribution in [0.5, 0.6) is 0 Å². The molecule has 4 heteroatoms. The predicted molar refractivity (Wildman–Crippen MR) is 75.2 cm³/mol. The molecule has 0 saturated heterocycles. The number of hydrogen-bond acceptors (Lipinski definition) is 4. The molecule has 0 unspecified atom stereocenters. The minimum atomic E-state index is 0.481. The Kier molecular flexibility index (Phi) is 2.84. The van der Waals surface area contributed by atoms with Gasteiger partial charge in [-0.3, -0.25) is 4.90 Å². The summed E-state index contributed by atoms with van der Waals surface area (Å²) in [5.74, 6) is 2.19. The third kappa shape index (κ3) is 2.14. The average molecular weight is 269 g/mol. The lowest BCUT2D eigenvalue weighted by atomic mass is 10.1. The molecule has 0 radical (unpaired) electrons. The molecule has 2 aliphatic rings. The van der Waals surface area contributed by atoms with Crippen molar-refractivity contribution in [1.82, 2.24) is 15.0 Å². The van der Waals surface area contributed by atoms with E-state index in [9.17, 15) is 0 Å². The number of aromatic nitrogens is 2. The first-order valence-electron chi connectivity index (χ1n) is 7.42. The summed E-state index contributed by atoms with van der Waals surface area (Å²) >= 11 is 0. The zero-order chi connectivity index (χ0) is 13.5. The second kappa shape index (κ2) is 4.70. The Labute approximate surface area is 118 Å². The molecule has 0 bridgehead atoms. The van der Waals surface area contributed by atoms with Gasteiger partial charge in [0.05, 0.1) is 6.54 Å². The molecule has 4 rings (SSSR count). The zero-order valence-electron chi connectivity index (χ0n) is 11.7. The molecular weight excluding hydrogens is 250 g/mol. The van der Waals surface area contributed by atoms with Crippen molar-refractivity contribution in [1.29, 1.82) is 0 Å². The number of aryl methyl sites for hydroxylation is 1. The van der Waals surface area contributed by atoms with E-state index < -0.39 is 0 Å². The van der Waals surface area contributed by atoms with Crippen LogP contribution in [0.15, 0.2) is 28.8 Å². The number of rotatable bonds is 4. The number of benzene rings is 1. The van der Waals surface area contributed by atoms with Crippen molar-refractivity contribution in [3.8, 4) is 0 Å². The van der Waals surface area contributed by atoms with E-state index in [0.29, 0.717) is 12.0 Å². The Balaban J connectivity index is 1.48. The Bertz CT molecular complexity index is 618. The van der Waals surface area contributed by atoms with Gasteiger partial charge >= 0.3 is 0 Å². The second-order valence-corrected chi connectivity index (χ2v) is 5.99. The number of fused-ring (bicyclic) bond motifs is 1. The van der Waals surface area contributed by atoms with Gasteiger partial charge in [0.2, 0.25) is 5.89 Å². The van der Waals surface area contributed by atoms with Crippen LogP contribution in [-0.4, -0.2) is 22.1 Å². The Hall–Kier alpha value is -1.68. The minimum absolute atomic E-state index is 0.481. The fourth-order valence-electron chi connectivity index (χ4n) is 3.15. The molecule has 2 aromatic rings.